The van der Waals surface area contributed by atoms with Crippen LogP contribution in [0.5, 0.6) is 0 Å². The quantitative estimate of drug-likeness (QED) is 0.585. The van der Waals surface area contributed by atoms with Gasteiger partial charge in [-0.05, 0) is 34.2 Å². The lowest BCUT2D eigenvalue weighted by atomic mass is 10.9. The first-order chi connectivity index (χ1) is 7.14. The van der Waals surface area contributed by atoms with Gasteiger partial charge in [0.1, 0.15) is 0 Å². The molecular weight excluding hydrogens is 228 g/mol. The molecule has 0 rings (SSSR count). The van der Waals surface area contributed by atoms with Crippen molar-refractivity contribution in [1.82, 2.24) is 0 Å². The van der Waals surface area contributed by atoms with Gasteiger partial charge in [-0.1, -0.05) is 0 Å². The molecule has 0 aliphatic rings. The molecule has 0 amide bonds. The molecule has 0 aromatic rings. The van der Waals surface area contributed by atoms with Crippen LogP contribution in [0.4, 0.5) is 0 Å². The molecule has 0 atom stereocenters. The summed E-state index contributed by atoms with van der Waals surface area (Å²) in [7, 11) is -3.68. The highest BCUT2D eigenvalue weighted by Gasteiger charge is 2.47. The molecule has 0 bridgehead atoms. The van der Waals surface area contributed by atoms with Crippen molar-refractivity contribution in [2.24, 2.45) is 0 Å². The van der Waals surface area contributed by atoms with Crippen molar-refractivity contribution >= 4 is 16.9 Å². The molecule has 0 unspecified atom stereocenters. The van der Waals surface area contributed by atoms with E-state index in [1.807, 2.05) is 34.2 Å². The minimum absolute atomic E-state index is 0.650. The maximum Gasteiger partial charge on any atom is 0.431 e. The smallest absolute Gasteiger partial charge is 0.394 e. The highest BCUT2D eigenvalue weighted by molar-refractivity contribution is 7.21. The maximum absolute atomic E-state index is 5.75. The van der Waals surface area contributed by atoms with E-state index in [0.29, 0.717) is 26.4 Å². The van der Waals surface area contributed by atoms with Gasteiger partial charge in [-0.3, -0.25) is 0 Å². The summed E-state index contributed by atoms with van der Waals surface area (Å²) in [6.45, 7) is 12.5. The average Bonchev–Trinajstić information content (AvgIpc) is 2.18. The van der Waals surface area contributed by atoms with E-state index in [1.54, 1.807) is 0 Å². The van der Waals surface area contributed by atoms with Crippen LogP contribution in [0.2, 0.25) is 6.55 Å². The summed E-state index contributed by atoms with van der Waals surface area (Å²) >= 11 is 0. The van der Waals surface area contributed by atoms with Gasteiger partial charge < -0.3 is 17.7 Å². The molecule has 15 heavy (non-hydrogen) atoms. The first kappa shape index (κ1) is 15.3. The van der Waals surface area contributed by atoms with Gasteiger partial charge in [-0.25, -0.2) is 0 Å². The first-order valence-electron chi connectivity index (χ1n) is 5.55. The monoisotopic (exact) mass is 251 g/mol. The van der Waals surface area contributed by atoms with Crippen LogP contribution >= 0.6 is 0 Å². The molecule has 0 aliphatic heterocycles. The van der Waals surface area contributed by atoms with Crippen LogP contribution in [0.3, 0.4) is 0 Å². The molecule has 0 saturated carbocycles. The van der Waals surface area contributed by atoms with Crippen LogP contribution in [0.15, 0.2) is 0 Å². The van der Waals surface area contributed by atoms with E-state index in [4.69, 9.17) is 17.7 Å². The van der Waals surface area contributed by atoms with Gasteiger partial charge in [0, 0.05) is 26.4 Å². The van der Waals surface area contributed by atoms with Crippen molar-refractivity contribution in [3.63, 3.8) is 0 Å². The van der Waals surface area contributed by atoms with Crippen molar-refractivity contribution in [2.45, 2.75) is 34.2 Å². The van der Waals surface area contributed by atoms with Gasteiger partial charge >= 0.3 is 16.9 Å². The molecule has 4 nitrogen and oxygen atoms in total. The minimum Gasteiger partial charge on any atom is -0.394 e. The minimum atomic E-state index is -2.26. The summed E-state index contributed by atoms with van der Waals surface area (Å²) < 4.78 is 22.8. The van der Waals surface area contributed by atoms with Gasteiger partial charge in [0.05, 0.1) is 0 Å². The van der Waals surface area contributed by atoms with E-state index in [0.717, 1.165) is 0 Å². The third-order valence-corrected chi connectivity index (χ3v) is 9.24. The second-order valence-corrected chi connectivity index (χ2v) is 10.5. The molecule has 1 radical (unpaired) electrons. The predicted octanol–water partition coefficient (Wildman–Crippen LogP) is 1.77. The van der Waals surface area contributed by atoms with Crippen molar-refractivity contribution in [3.05, 3.63) is 0 Å². The zero-order valence-corrected chi connectivity index (χ0v) is 12.5. The summed E-state index contributed by atoms with van der Waals surface area (Å²) in [6, 6.07) is 0. The Morgan fingerprint density at radius 3 is 1.47 bits per heavy atom. The molecule has 0 aliphatic carbocycles. The molecule has 0 aromatic heterocycles. The standard InChI is InChI=1S/C9H23O4Si2/c1-6-10-14(11-7-2)15(5,12-8-3)13-9-4/h6-9H2,1-5H3. The Hall–Kier alpha value is 0.274. The first-order valence-corrected chi connectivity index (χ1v) is 10.2. The van der Waals surface area contributed by atoms with E-state index >= 15 is 0 Å². The average molecular weight is 251 g/mol. The molecule has 0 fully saturated rings. The Kier molecular flexibility index (Phi) is 8.58. The van der Waals surface area contributed by atoms with Crippen molar-refractivity contribution in [2.75, 3.05) is 26.4 Å². The molecule has 91 valence electrons. The number of hydrogen-bond acceptors (Lipinski definition) is 4. The van der Waals surface area contributed by atoms with Gasteiger partial charge in [0.15, 0.2) is 0 Å². The lowest BCUT2D eigenvalue weighted by Crippen LogP contribution is -2.57. The van der Waals surface area contributed by atoms with Crippen LogP contribution in [0, 0.1) is 0 Å². The van der Waals surface area contributed by atoms with E-state index in [2.05, 4.69) is 0 Å². The Labute approximate surface area is 95.8 Å². The molecule has 6 heteroatoms. The topological polar surface area (TPSA) is 36.9 Å². The highest BCUT2D eigenvalue weighted by atomic mass is 29.3. The highest BCUT2D eigenvalue weighted by Crippen LogP contribution is 2.14. The zero-order chi connectivity index (χ0) is 11.7. The fourth-order valence-electron chi connectivity index (χ4n) is 1.28. The summed E-state index contributed by atoms with van der Waals surface area (Å²) in [4.78, 5) is 0. The fourth-order valence-corrected chi connectivity index (χ4v) is 7.84. The van der Waals surface area contributed by atoms with Crippen LogP contribution < -0.4 is 0 Å². The molecule has 0 heterocycles. The summed E-state index contributed by atoms with van der Waals surface area (Å²) in [6.07, 6.45) is 0. The van der Waals surface area contributed by atoms with Crippen molar-refractivity contribution < 1.29 is 17.7 Å². The second-order valence-electron chi connectivity index (χ2n) is 2.97. The van der Waals surface area contributed by atoms with E-state index in [-0.39, 0.29) is 0 Å². The third-order valence-electron chi connectivity index (χ3n) is 1.76. The van der Waals surface area contributed by atoms with Gasteiger partial charge in [0.25, 0.3) is 0 Å². The van der Waals surface area contributed by atoms with E-state index in [9.17, 15) is 0 Å². The van der Waals surface area contributed by atoms with Crippen molar-refractivity contribution in [3.8, 4) is 0 Å². The zero-order valence-electron chi connectivity index (χ0n) is 10.5. The lowest BCUT2D eigenvalue weighted by molar-refractivity contribution is 0.165. The number of hydrogen-bond donors (Lipinski definition) is 0. The molecule has 0 N–H and O–H groups in total. The second kappa shape index (κ2) is 8.43. The Balaban J connectivity index is 4.48. The SMILES string of the molecule is CCO[Si](OCC)[Si](C)(OCC)OCC. The fraction of sp³-hybridized carbons (Fsp3) is 1.00. The summed E-state index contributed by atoms with van der Waals surface area (Å²) in [5.74, 6) is 0. The van der Waals surface area contributed by atoms with Crippen LogP contribution in [-0.4, -0.2) is 43.3 Å². The Bertz CT molecular complexity index is 145. The van der Waals surface area contributed by atoms with Crippen molar-refractivity contribution in [1.29, 1.82) is 0 Å². The molecule has 0 spiro atoms. The van der Waals surface area contributed by atoms with Gasteiger partial charge in [0.2, 0.25) is 0 Å². The van der Waals surface area contributed by atoms with Gasteiger partial charge in [-0.15, -0.1) is 0 Å². The lowest BCUT2D eigenvalue weighted by Gasteiger charge is -2.30. The normalized spacial score (nSPS) is 12.4. The summed E-state index contributed by atoms with van der Waals surface area (Å²) in [5.41, 5.74) is 0. The summed E-state index contributed by atoms with van der Waals surface area (Å²) in [5, 5.41) is 0. The van der Waals surface area contributed by atoms with Gasteiger partial charge in [-0.2, -0.15) is 0 Å². The third kappa shape index (κ3) is 5.23. The largest absolute Gasteiger partial charge is 0.431 e. The predicted molar refractivity (Wildman–Crippen MR) is 63.9 cm³/mol. The van der Waals surface area contributed by atoms with Crippen LogP contribution in [0.25, 0.3) is 0 Å². The van der Waals surface area contributed by atoms with Crippen LogP contribution in [0.1, 0.15) is 27.7 Å². The van der Waals surface area contributed by atoms with E-state index < -0.39 is 16.9 Å². The Morgan fingerprint density at radius 2 is 1.20 bits per heavy atom. The molecule has 0 saturated heterocycles. The van der Waals surface area contributed by atoms with E-state index in [1.165, 1.54) is 0 Å². The van der Waals surface area contributed by atoms with Crippen LogP contribution in [-0.2, 0) is 17.7 Å². The molecule has 0 aromatic carbocycles. The number of rotatable bonds is 9. The Morgan fingerprint density at radius 1 is 0.800 bits per heavy atom. The molecular formula is C9H23O4Si2. The maximum atomic E-state index is 5.75.